The molecule has 0 atom stereocenters. The van der Waals surface area contributed by atoms with Gasteiger partial charge in [0, 0.05) is 26.5 Å². The third-order valence-corrected chi connectivity index (χ3v) is 7.49. The lowest BCUT2D eigenvalue weighted by molar-refractivity contribution is 1.09. The predicted molar refractivity (Wildman–Crippen MR) is 116 cm³/mol. The molecule has 2 aromatic heterocycles. The van der Waals surface area contributed by atoms with Gasteiger partial charge in [-0.25, -0.2) is 0 Å². The predicted octanol–water partition coefficient (Wildman–Crippen LogP) is 8.13. The summed E-state index contributed by atoms with van der Waals surface area (Å²) in [7, 11) is 0. The fourth-order valence-corrected chi connectivity index (χ4v) is 5.82. The van der Waals surface area contributed by atoms with Gasteiger partial charge in [-0.1, -0.05) is 24.1 Å². The second kappa shape index (κ2) is 7.42. The van der Waals surface area contributed by atoms with Crippen LogP contribution in [0.25, 0.3) is 11.1 Å². The Morgan fingerprint density at radius 3 is 2.17 bits per heavy atom. The first-order valence-corrected chi connectivity index (χ1v) is 10.9. The van der Waals surface area contributed by atoms with E-state index in [-0.39, 0.29) is 0 Å². The van der Waals surface area contributed by atoms with Crippen LogP contribution in [0, 0.1) is 5.41 Å². The molecule has 2 heterocycles. The van der Waals surface area contributed by atoms with Crippen molar-refractivity contribution in [1.29, 1.82) is 5.41 Å². The number of hydrogen-bond acceptors (Lipinski definition) is 3. The van der Waals surface area contributed by atoms with Crippen molar-refractivity contribution in [2.45, 2.75) is 20.3 Å². The highest BCUT2D eigenvalue weighted by atomic mass is 79.9. The molecule has 3 rings (SSSR count). The Bertz CT molecular complexity index is 915. The minimum atomic E-state index is 0.549. The molecular weight excluding hydrogens is 490 g/mol. The summed E-state index contributed by atoms with van der Waals surface area (Å²) in [6.07, 6.45) is 2.82. The molecule has 6 heteroatoms. The molecule has 2 aromatic rings. The Morgan fingerprint density at radius 1 is 1.08 bits per heavy atom. The third kappa shape index (κ3) is 3.42. The summed E-state index contributed by atoms with van der Waals surface area (Å²) >= 11 is 17.0. The Hall–Kier alpha value is -0.460. The largest absolute Gasteiger partial charge is 0.300 e. The molecule has 0 aromatic carbocycles. The molecule has 0 bridgehead atoms. The number of allylic oxidation sites excluding steroid dienone is 6. The average molecular weight is 504 g/mol. The molecule has 0 fully saturated rings. The normalized spacial score (nSPS) is 17.4. The van der Waals surface area contributed by atoms with Crippen molar-refractivity contribution in [1.82, 2.24) is 0 Å². The van der Waals surface area contributed by atoms with Crippen molar-refractivity contribution in [3.05, 3.63) is 63.8 Å². The van der Waals surface area contributed by atoms with Gasteiger partial charge in [0.2, 0.25) is 0 Å². The molecule has 1 aliphatic rings. The van der Waals surface area contributed by atoms with Crippen molar-refractivity contribution in [3.8, 4) is 0 Å². The van der Waals surface area contributed by atoms with Crippen LogP contribution in [0.15, 0.2) is 54.1 Å². The maximum atomic E-state index is 8.83. The molecule has 0 saturated carbocycles. The fraction of sp³-hybridized carbons (Fsp3) is 0.167. The van der Waals surface area contributed by atoms with E-state index in [1.165, 1.54) is 5.57 Å². The number of nitrogens with one attached hydrogen (secondary N) is 1. The van der Waals surface area contributed by atoms with E-state index in [0.717, 1.165) is 40.5 Å². The standard InChI is InChI=1S/C18H14Br2ClNS2/c1-3-9(2)16-17(13-5-7-15(20)24-13)11(21)8-10(18(16)22)12-4-6-14(19)23-12/h4-8,22H,3H2,1-2H3/b16-9-,22-18?. The lowest BCUT2D eigenvalue weighted by Crippen LogP contribution is -2.12. The minimum absolute atomic E-state index is 0.549. The second-order valence-electron chi connectivity index (χ2n) is 5.37. The molecule has 0 aliphatic heterocycles. The van der Waals surface area contributed by atoms with Crippen molar-refractivity contribution >= 4 is 83.0 Å². The van der Waals surface area contributed by atoms with Crippen LogP contribution < -0.4 is 0 Å². The van der Waals surface area contributed by atoms with Crippen molar-refractivity contribution in [2.75, 3.05) is 0 Å². The molecule has 1 nitrogen and oxygen atoms in total. The first-order chi connectivity index (χ1) is 11.4. The number of hydrogen-bond donors (Lipinski definition) is 1. The first-order valence-electron chi connectivity index (χ1n) is 7.34. The zero-order valence-electron chi connectivity index (χ0n) is 13.0. The Labute approximate surface area is 171 Å². The third-order valence-electron chi connectivity index (χ3n) is 3.89. The van der Waals surface area contributed by atoms with Crippen molar-refractivity contribution in [3.63, 3.8) is 0 Å². The van der Waals surface area contributed by atoms with Crippen LogP contribution >= 0.6 is 66.1 Å². The maximum absolute atomic E-state index is 8.83. The molecular formula is C18H14Br2ClNS2. The quantitative estimate of drug-likeness (QED) is 0.437. The van der Waals surface area contributed by atoms with Crippen LogP contribution in [0.1, 0.15) is 30.0 Å². The smallest absolute Gasteiger partial charge is 0.0705 e. The van der Waals surface area contributed by atoms with E-state index >= 15 is 0 Å². The lowest BCUT2D eigenvalue weighted by Gasteiger charge is -2.23. The molecule has 0 saturated heterocycles. The van der Waals surface area contributed by atoms with Crippen LogP contribution in [-0.4, -0.2) is 5.71 Å². The van der Waals surface area contributed by atoms with Gasteiger partial charge in [-0.15, -0.1) is 22.7 Å². The Balaban J connectivity index is 2.24. The van der Waals surface area contributed by atoms with Gasteiger partial charge in [0.15, 0.2) is 0 Å². The van der Waals surface area contributed by atoms with Crippen LogP contribution in [-0.2, 0) is 0 Å². The van der Waals surface area contributed by atoms with Gasteiger partial charge < -0.3 is 0 Å². The number of halogens is 3. The minimum Gasteiger partial charge on any atom is -0.300 e. The molecule has 1 N–H and O–H groups in total. The van der Waals surface area contributed by atoms with E-state index in [0.29, 0.717) is 10.7 Å². The van der Waals surface area contributed by atoms with Gasteiger partial charge in [-0.3, -0.25) is 5.41 Å². The second-order valence-corrected chi connectivity index (χ2v) is 10.7. The van der Waals surface area contributed by atoms with Gasteiger partial charge in [0.1, 0.15) is 0 Å². The van der Waals surface area contributed by atoms with E-state index in [1.54, 1.807) is 22.7 Å². The SMILES string of the molecule is CC/C(C)=C1\C(=N)C(c2ccc(Br)s2)=CC(Cl)=C1c1ccc(Br)s1. The topological polar surface area (TPSA) is 23.9 Å². The summed E-state index contributed by atoms with van der Waals surface area (Å²) in [5.74, 6) is 0. The van der Waals surface area contributed by atoms with Crippen LogP contribution in [0.4, 0.5) is 0 Å². The molecule has 0 radical (unpaired) electrons. The molecule has 0 spiro atoms. The number of thiophene rings is 2. The molecule has 24 heavy (non-hydrogen) atoms. The summed E-state index contributed by atoms with van der Waals surface area (Å²) in [5.41, 5.74) is 4.54. The molecule has 1 aliphatic carbocycles. The highest BCUT2D eigenvalue weighted by molar-refractivity contribution is 9.11. The van der Waals surface area contributed by atoms with Crippen molar-refractivity contribution in [2.24, 2.45) is 0 Å². The number of rotatable bonds is 3. The first kappa shape index (κ1) is 18.3. The molecule has 124 valence electrons. The van der Waals surface area contributed by atoms with E-state index in [9.17, 15) is 0 Å². The fourth-order valence-electron chi connectivity index (χ4n) is 2.60. The summed E-state index contributed by atoms with van der Waals surface area (Å²) < 4.78 is 2.11. The maximum Gasteiger partial charge on any atom is 0.0705 e. The van der Waals surface area contributed by atoms with Crippen LogP contribution in [0.3, 0.4) is 0 Å². The van der Waals surface area contributed by atoms with Gasteiger partial charge in [-0.05, 0) is 75.5 Å². The Morgan fingerprint density at radius 2 is 1.67 bits per heavy atom. The van der Waals surface area contributed by atoms with Crippen LogP contribution in [0.2, 0.25) is 0 Å². The zero-order valence-corrected chi connectivity index (χ0v) is 18.6. The lowest BCUT2D eigenvalue weighted by atomic mass is 9.85. The zero-order chi connectivity index (χ0) is 17.4. The van der Waals surface area contributed by atoms with Crippen LogP contribution in [0.5, 0.6) is 0 Å². The summed E-state index contributed by atoms with van der Waals surface area (Å²) in [6, 6.07) is 8.12. The highest BCUT2D eigenvalue weighted by Gasteiger charge is 2.27. The van der Waals surface area contributed by atoms with Gasteiger partial charge in [0.25, 0.3) is 0 Å². The Kier molecular flexibility index (Phi) is 5.67. The van der Waals surface area contributed by atoms with Gasteiger partial charge in [0.05, 0.1) is 18.3 Å². The summed E-state index contributed by atoms with van der Waals surface area (Å²) in [5, 5.41) is 9.52. The van der Waals surface area contributed by atoms with E-state index < -0.39 is 0 Å². The summed E-state index contributed by atoms with van der Waals surface area (Å²) in [6.45, 7) is 4.20. The average Bonchev–Trinajstić information content (AvgIpc) is 3.16. The molecule has 0 unspecified atom stereocenters. The van der Waals surface area contributed by atoms with Crippen molar-refractivity contribution < 1.29 is 0 Å². The van der Waals surface area contributed by atoms with Gasteiger partial charge in [-0.2, -0.15) is 0 Å². The summed E-state index contributed by atoms with van der Waals surface area (Å²) in [4.78, 5) is 2.14. The van der Waals surface area contributed by atoms with E-state index in [1.807, 2.05) is 24.3 Å². The van der Waals surface area contributed by atoms with E-state index in [4.69, 9.17) is 17.0 Å². The monoisotopic (exact) mass is 501 g/mol. The molecule has 0 amide bonds. The highest BCUT2D eigenvalue weighted by Crippen LogP contribution is 2.44. The van der Waals surface area contributed by atoms with E-state index in [2.05, 4.69) is 51.8 Å². The van der Waals surface area contributed by atoms with Gasteiger partial charge >= 0.3 is 0 Å².